The Labute approximate surface area is 365 Å². The average molecular weight is 899 g/mol. The van der Waals surface area contributed by atoms with Crippen molar-refractivity contribution >= 4 is 47.8 Å². The van der Waals surface area contributed by atoms with Gasteiger partial charge in [-0.25, -0.2) is 9.59 Å². The number of aromatic nitrogens is 2. The summed E-state index contributed by atoms with van der Waals surface area (Å²) in [6, 6.07) is 5.10. The number of pyridine rings is 2. The van der Waals surface area contributed by atoms with Crippen LogP contribution in [0, 0.1) is 17.3 Å². The third-order valence-corrected chi connectivity index (χ3v) is 12.4. The zero-order chi connectivity index (χ0) is 47.3. The lowest BCUT2D eigenvalue weighted by Gasteiger charge is -2.67. The van der Waals surface area contributed by atoms with Gasteiger partial charge in [0.2, 0.25) is 5.56 Å². The number of aryl methyl sites for hydroxylation is 2. The van der Waals surface area contributed by atoms with Crippen molar-refractivity contribution in [3.8, 4) is 0 Å². The fourth-order valence-corrected chi connectivity index (χ4v) is 9.87. The minimum atomic E-state index is -2.92. The number of ether oxygens (including phenoxy) is 9. The van der Waals surface area contributed by atoms with Crippen LogP contribution in [-0.2, 0) is 84.9 Å². The monoisotopic (exact) mass is 898 g/mol. The predicted molar refractivity (Wildman–Crippen MR) is 210 cm³/mol. The van der Waals surface area contributed by atoms with E-state index in [-0.39, 0.29) is 29.7 Å². The summed E-state index contributed by atoms with van der Waals surface area (Å²) in [5.41, 5.74) is -11.1. The Morgan fingerprint density at radius 2 is 1.44 bits per heavy atom. The lowest BCUT2D eigenvalue weighted by atomic mass is 9.45. The lowest BCUT2D eigenvalue weighted by Crippen LogP contribution is -2.89. The summed E-state index contributed by atoms with van der Waals surface area (Å²) < 4.78 is 56.3. The number of aliphatic hydroxyl groups is 1. The second-order valence-corrected chi connectivity index (χ2v) is 16.9. The molecule has 6 rings (SSSR count). The van der Waals surface area contributed by atoms with Gasteiger partial charge in [0, 0.05) is 60.1 Å². The maximum absolute atomic E-state index is 14.4. The number of cyclic esters (lactones) is 1. The molecule has 2 aliphatic heterocycles. The zero-order valence-electron chi connectivity index (χ0n) is 36.6. The molecule has 2 aliphatic carbocycles. The molecule has 21 nitrogen and oxygen atoms in total. The molecule has 0 aromatic carbocycles. The molecule has 4 aliphatic rings. The lowest BCUT2D eigenvalue weighted by molar-refractivity contribution is -0.386. The Balaban J connectivity index is 1.78. The maximum Gasteiger partial charge on any atom is 0.340 e. The zero-order valence-corrected chi connectivity index (χ0v) is 36.6. The molecule has 2 aromatic rings. The van der Waals surface area contributed by atoms with Crippen LogP contribution in [0.5, 0.6) is 0 Å². The van der Waals surface area contributed by atoms with Gasteiger partial charge in [-0.05, 0) is 44.9 Å². The van der Waals surface area contributed by atoms with E-state index >= 15 is 0 Å². The number of esters is 8. The van der Waals surface area contributed by atoms with Gasteiger partial charge in [0.15, 0.2) is 30.0 Å². The Morgan fingerprint density at radius 1 is 0.828 bits per heavy atom. The van der Waals surface area contributed by atoms with E-state index in [1.54, 1.807) is 0 Å². The van der Waals surface area contributed by atoms with E-state index in [9.17, 15) is 48.3 Å². The number of hydrogen-bond donors (Lipinski definition) is 1. The molecular weight excluding hydrogens is 848 g/mol. The number of carbonyl (C=O) groups excluding carboxylic acids is 8. The summed E-state index contributed by atoms with van der Waals surface area (Å²) >= 11 is 0. The van der Waals surface area contributed by atoms with Crippen LogP contribution in [0.3, 0.4) is 0 Å². The molecule has 1 saturated heterocycles. The van der Waals surface area contributed by atoms with Crippen molar-refractivity contribution in [2.24, 2.45) is 24.3 Å². The molecule has 1 spiro atoms. The Hall–Kier alpha value is -6.22. The van der Waals surface area contributed by atoms with Gasteiger partial charge in [-0.1, -0.05) is 6.92 Å². The van der Waals surface area contributed by atoms with E-state index in [1.165, 1.54) is 39.2 Å². The second-order valence-electron chi connectivity index (χ2n) is 16.9. The van der Waals surface area contributed by atoms with Crippen molar-refractivity contribution in [3.63, 3.8) is 0 Å². The number of nitrogens with zero attached hydrogens (tertiary/aromatic N) is 2. The van der Waals surface area contributed by atoms with Crippen LogP contribution in [0.25, 0.3) is 0 Å². The van der Waals surface area contributed by atoms with E-state index < -0.39 is 137 Å². The second kappa shape index (κ2) is 17.4. The van der Waals surface area contributed by atoms with Crippen molar-refractivity contribution in [2.45, 2.75) is 122 Å². The van der Waals surface area contributed by atoms with Crippen molar-refractivity contribution in [2.75, 3.05) is 13.2 Å². The van der Waals surface area contributed by atoms with Gasteiger partial charge in [-0.2, -0.15) is 0 Å². The fraction of sp³-hybridized carbons (Fsp3) is 0.581. The molecule has 1 N–H and O–H groups in total. The van der Waals surface area contributed by atoms with Crippen LogP contribution in [0.15, 0.2) is 41.5 Å². The van der Waals surface area contributed by atoms with Crippen LogP contribution in [-0.4, -0.2) is 129 Å². The first-order valence-corrected chi connectivity index (χ1v) is 20.4. The molecule has 3 fully saturated rings. The molecule has 12 atom stereocenters. The molecular formula is C43H50N2O19. The average Bonchev–Trinajstić information content (AvgIpc) is 3.42. The normalized spacial score (nSPS) is 34.3. The van der Waals surface area contributed by atoms with E-state index in [0.29, 0.717) is 0 Å². The van der Waals surface area contributed by atoms with Crippen LogP contribution in [0.4, 0.5) is 0 Å². The van der Waals surface area contributed by atoms with Crippen LogP contribution in [0.2, 0.25) is 0 Å². The summed E-state index contributed by atoms with van der Waals surface area (Å²) in [4.78, 5) is 126. The Morgan fingerprint density at radius 3 is 2.03 bits per heavy atom. The summed E-state index contributed by atoms with van der Waals surface area (Å²) in [5, 5.41) is 13.7. The molecule has 64 heavy (non-hydrogen) atoms. The van der Waals surface area contributed by atoms with Crippen molar-refractivity contribution in [1.82, 2.24) is 9.55 Å². The van der Waals surface area contributed by atoms with Gasteiger partial charge in [0.1, 0.15) is 42.0 Å². The van der Waals surface area contributed by atoms with Crippen molar-refractivity contribution < 1.29 is 86.1 Å². The summed E-state index contributed by atoms with van der Waals surface area (Å²) in [6.45, 7) is 6.88. The first-order chi connectivity index (χ1) is 29.9. The van der Waals surface area contributed by atoms with Crippen LogP contribution < -0.4 is 5.56 Å². The minimum absolute atomic E-state index is 0.00166. The first kappa shape index (κ1) is 47.3. The van der Waals surface area contributed by atoms with Crippen LogP contribution >= 0.6 is 0 Å². The third kappa shape index (κ3) is 7.99. The smallest absolute Gasteiger partial charge is 0.340 e. The van der Waals surface area contributed by atoms with Gasteiger partial charge < -0.3 is 52.3 Å². The molecule has 346 valence electrons. The molecule has 0 radical (unpaired) electrons. The number of fused-ring (bicyclic) bond motifs is 5. The molecule has 0 unspecified atom stereocenters. The van der Waals surface area contributed by atoms with Gasteiger partial charge in [0.05, 0.1) is 28.7 Å². The highest BCUT2D eigenvalue weighted by Gasteiger charge is 2.92. The number of rotatable bonds is 8. The van der Waals surface area contributed by atoms with E-state index in [2.05, 4.69) is 4.98 Å². The quantitative estimate of drug-likeness (QED) is 0.284. The molecule has 4 heterocycles. The highest BCUT2D eigenvalue weighted by atomic mass is 16.7. The maximum atomic E-state index is 14.4. The molecule has 2 aromatic heterocycles. The van der Waals surface area contributed by atoms with Gasteiger partial charge in [0.25, 0.3) is 0 Å². The minimum Gasteiger partial charge on any atom is -0.465 e. The number of hydrogen-bond acceptors (Lipinski definition) is 20. The summed E-state index contributed by atoms with van der Waals surface area (Å²) in [7, 11) is 1.35. The van der Waals surface area contributed by atoms with E-state index in [1.807, 2.05) is 0 Å². The first-order valence-electron chi connectivity index (χ1n) is 20.4. The molecule has 4 bridgehead atoms. The third-order valence-electron chi connectivity index (χ3n) is 12.4. The molecule has 0 amide bonds. The highest BCUT2D eigenvalue weighted by Crippen LogP contribution is 2.70. The highest BCUT2D eigenvalue weighted by molar-refractivity contribution is 5.91. The van der Waals surface area contributed by atoms with Gasteiger partial charge in [-0.3, -0.25) is 38.5 Å². The van der Waals surface area contributed by atoms with Crippen molar-refractivity contribution in [1.29, 1.82) is 0 Å². The van der Waals surface area contributed by atoms with E-state index in [0.717, 1.165) is 64.4 Å². The summed E-state index contributed by atoms with van der Waals surface area (Å²) in [5.74, 6) is -11.1. The van der Waals surface area contributed by atoms with Crippen LogP contribution in [0.1, 0.15) is 88.2 Å². The molecule has 21 heteroatoms. The predicted octanol–water partition coefficient (Wildman–Crippen LogP) is 0.855. The van der Waals surface area contributed by atoms with Gasteiger partial charge in [-0.15, -0.1) is 0 Å². The topological polar surface area (TPSA) is 275 Å². The van der Waals surface area contributed by atoms with E-state index in [4.69, 9.17) is 42.6 Å². The standard InChI is InChI=1S/C43H50N2O19/c1-20-12-14-28-27(11-10-16-44-28)39(54)57-18-40(7)30-31(58-22(3)47)35(60-24(5)49)42(19-56-21(2)46)36(61-25(6)50)32(62-38(53)26-13-15-29(51)45(9)17-26)34(63-37(20)52)41(8,55)43(42,64-40)33(30)59-23(4)48/h10-11,13,15-17,20,30-36,55H,12,14,18-19H2,1-9H3/t20-,30+,31+,32-,33+,34-,35+,36-,40-,41-,42+,43-/m0/s1. The summed E-state index contributed by atoms with van der Waals surface area (Å²) in [6.07, 6.45) is -9.98. The van der Waals surface area contributed by atoms with Crippen molar-refractivity contribution in [3.05, 3.63) is 63.8 Å². The Bertz CT molecular complexity index is 2320. The SMILES string of the molecule is CC(=O)OC[C@]12[C@H](OC(C)=O)[C@H](OC(C)=O)[C@@H]3[C@@H](OC(C)=O)[C@@]14O[C@@]3(C)COC(=O)c1cccnc1CC[C@H](C)C(=O)O[C@@H]([C@H](OC(=O)c1ccc(=O)n(C)c1)[C@@H]2OC(C)=O)[C@]4(C)O. The molecule has 2 saturated carbocycles. The van der Waals surface area contributed by atoms with Gasteiger partial charge >= 0.3 is 47.8 Å². The fourth-order valence-electron chi connectivity index (χ4n) is 9.87. The Kier molecular flexibility index (Phi) is 12.8. The number of carbonyl (C=O) groups is 8. The largest absolute Gasteiger partial charge is 0.465 e.